The number of hydrogen-bond donors (Lipinski definition) is 3. The Kier molecular flexibility index (Phi) is 4.82. The van der Waals surface area contributed by atoms with Gasteiger partial charge in [0.05, 0.1) is 11.6 Å². The lowest BCUT2D eigenvalue weighted by atomic mass is 10.1. The lowest BCUT2D eigenvalue weighted by Crippen LogP contribution is -2.38. The fourth-order valence-corrected chi connectivity index (χ4v) is 2.90. The molecule has 1 aliphatic heterocycles. The van der Waals surface area contributed by atoms with E-state index in [1.54, 1.807) is 6.21 Å². The Bertz CT molecular complexity index is 930. The summed E-state index contributed by atoms with van der Waals surface area (Å²) in [4.78, 5) is 7.61. The third kappa shape index (κ3) is 3.69. The highest BCUT2D eigenvalue weighted by atomic mass is 16.5. The number of ether oxygens (including phenoxy) is 1. The molecule has 0 amide bonds. The summed E-state index contributed by atoms with van der Waals surface area (Å²) < 4.78 is 6.06. The molecule has 2 aromatic carbocycles. The van der Waals surface area contributed by atoms with E-state index >= 15 is 0 Å². The molecule has 2 heterocycles. The molecule has 0 saturated carbocycles. The largest absolute Gasteiger partial charge is 0.488 e. The number of guanidine groups is 1. The topological polar surface area (TPSA) is 73.8 Å². The molecular weight excluding hydrogens is 326 g/mol. The molecular formula is C20H21N5O. The van der Waals surface area contributed by atoms with Crippen molar-refractivity contribution >= 4 is 23.1 Å². The Labute approximate surface area is 152 Å². The first kappa shape index (κ1) is 16.2. The lowest BCUT2D eigenvalue weighted by Gasteiger charge is -2.12. The van der Waals surface area contributed by atoms with Gasteiger partial charge in [-0.05, 0) is 24.1 Å². The summed E-state index contributed by atoms with van der Waals surface area (Å²) in [6.07, 6.45) is 4.77. The summed E-state index contributed by atoms with van der Waals surface area (Å²) in [6.45, 7) is 2.28. The van der Waals surface area contributed by atoms with Crippen molar-refractivity contribution in [3.05, 3.63) is 65.9 Å². The summed E-state index contributed by atoms with van der Waals surface area (Å²) in [5.41, 5.74) is 6.08. The van der Waals surface area contributed by atoms with E-state index in [9.17, 15) is 0 Å². The number of rotatable bonds is 5. The molecule has 26 heavy (non-hydrogen) atoms. The zero-order valence-corrected chi connectivity index (χ0v) is 14.4. The predicted molar refractivity (Wildman–Crippen MR) is 105 cm³/mol. The molecule has 0 aliphatic carbocycles. The summed E-state index contributed by atoms with van der Waals surface area (Å²) in [6, 6.07) is 16.1. The van der Waals surface area contributed by atoms with Crippen molar-refractivity contribution < 1.29 is 4.74 Å². The van der Waals surface area contributed by atoms with Gasteiger partial charge in [0.25, 0.3) is 0 Å². The number of aromatic amines is 1. The second-order valence-corrected chi connectivity index (χ2v) is 6.08. The number of nitrogens with zero attached hydrogens (tertiary/aromatic N) is 2. The van der Waals surface area contributed by atoms with Gasteiger partial charge in [0, 0.05) is 30.4 Å². The predicted octanol–water partition coefficient (Wildman–Crippen LogP) is 3.02. The van der Waals surface area contributed by atoms with Crippen molar-refractivity contribution in [1.29, 1.82) is 0 Å². The third-order valence-corrected chi connectivity index (χ3v) is 4.21. The van der Waals surface area contributed by atoms with Gasteiger partial charge in [-0.15, -0.1) is 0 Å². The monoisotopic (exact) mass is 347 g/mol. The fourth-order valence-electron chi connectivity index (χ4n) is 2.90. The minimum atomic E-state index is 0.528. The highest BCUT2D eigenvalue weighted by Crippen LogP contribution is 2.28. The van der Waals surface area contributed by atoms with E-state index in [4.69, 9.17) is 4.74 Å². The van der Waals surface area contributed by atoms with E-state index in [-0.39, 0.29) is 0 Å². The summed E-state index contributed by atoms with van der Waals surface area (Å²) in [5.74, 6) is 1.55. The van der Waals surface area contributed by atoms with Crippen LogP contribution in [0.5, 0.6) is 5.75 Å². The molecule has 0 atom stereocenters. The van der Waals surface area contributed by atoms with Crippen molar-refractivity contribution in [2.24, 2.45) is 10.1 Å². The van der Waals surface area contributed by atoms with Crippen LogP contribution in [0.4, 0.5) is 0 Å². The van der Waals surface area contributed by atoms with Gasteiger partial charge in [-0.1, -0.05) is 36.4 Å². The number of benzene rings is 2. The number of hydrazone groups is 1. The van der Waals surface area contributed by atoms with Crippen LogP contribution in [-0.4, -0.2) is 30.2 Å². The van der Waals surface area contributed by atoms with Gasteiger partial charge in [-0.25, -0.2) is 5.43 Å². The van der Waals surface area contributed by atoms with E-state index in [0.29, 0.717) is 12.6 Å². The quantitative estimate of drug-likeness (QED) is 0.491. The number of fused-ring (bicyclic) bond motifs is 1. The average molecular weight is 347 g/mol. The molecule has 6 nitrogen and oxygen atoms in total. The van der Waals surface area contributed by atoms with Crippen LogP contribution < -0.4 is 15.5 Å². The number of H-pyrrole nitrogens is 1. The molecule has 0 fully saturated rings. The van der Waals surface area contributed by atoms with Gasteiger partial charge in [0.1, 0.15) is 12.4 Å². The van der Waals surface area contributed by atoms with Crippen LogP contribution in [0.1, 0.15) is 17.5 Å². The number of aliphatic imine (C=N–C) groups is 1. The Morgan fingerprint density at radius 2 is 2.08 bits per heavy atom. The van der Waals surface area contributed by atoms with Crippen LogP contribution >= 0.6 is 0 Å². The Morgan fingerprint density at radius 3 is 2.92 bits per heavy atom. The zero-order chi connectivity index (χ0) is 17.6. The van der Waals surface area contributed by atoms with Gasteiger partial charge >= 0.3 is 0 Å². The number of hydrogen-bond acceptors (Lipinski definition) is 5. The first-order chi connectivity index (χ1) is 12.9. The second kappa shape index (κ2) is 7.74. The maximum absolute atomic E-state index is 6.06. The molecule has 4 rings (SSSR count). The Morgan fingerprint density at radius 1 is 1.15 bits per heavy atom. The molecule has 1 aromatic heterocycles. The third-order valence-electron chi connectivity index (χ3n) is 4.21. The molecule has 0 radical (unpaired) electrons. The smallest absolute Gasteiger partial charge is 0.212 e. The molecule has 1 aliphatic rings. The van der Waals surface area contributed by atoms with E-state index in [1.165, 1.54) is 0 Å². The number of aromatic nitrogens is 1. The van der Waals surface area contributed by atoms with Gasteiger partial charge in [-0.2, -0.15) is 5.10 Å². The van der Waals surface area contributed by atoms with Crippen LogP contribution in [0, 0.1) is 0 Å². The Hall–Kier alpha value is -3.28. The molecule has 3 aromatic rings. The zero-order valence-electron chi connectivity index (χ0n) is 14.4. The van der Waals surface area contributed by atoms with Crippen molar-refractivity contribution in [2.75, 3.05) is 13.1 Å². The van der Waals surface area contributed by atoms with Gasteiger partial charge in [0.15, 0.2) is 0 Å². The van der Waals surface area contributed by atoms with Crippen LogP contribution in [-0.2, 0) is 6.61 Å². The summed E-state index contributed by atoms with van der Waals surface area (Å²) in [5, 5.41) is 8.50. The summed E-state index contributed by atoms with van der Waals surface area (Å²) in [7, 11) is 0. The molecule has 0 saturated heterocycles. The first-order valence-electron chi connectivity index (χ1n) is 8.74. The minimum Gasteiger partial charge on any atom is -0.488 e. The summed E-state index contributed by atoms with van der Waals surface area (Å²) >= 11 is 0. The SMILES string of the molecule is C(=N\NC1=NCCCN1)/c1c[nH]c2cccc(OCc3ccccc3)c12. The van der Waals surface area contributed by atoms with Crippen LogP contribution in [0.3, 0.4) is 0 Å². The van der Waals surface area contributed by atoms with E-state index in [2.05, 4.69) is 38.0 Å². The van der Waals surface area contributed by atoms with Gasteiger partial charge < -0.3 is 15.0 Å². The fraction of sp³-hybridized carbons (Fsp3) is 0.200. The van der Waals surface area contributed by atoms with E-state index in [1.807, 2.05) is 42.6 Å². The number of nitrogens with one attached hydrogen (secondary N) is 3. The molecule has 0 bridgehead atoms. The molecule has 132 valence electrons. The lowest BCUT2D eigenvalue weighted by molar-refractivity contribution is 0.310. The average Bonchev–Trinajstić information content (AvgIpc) is 3.12. The maximum atomic E-state index is 6.06. The second-order valence-electron chi connectivity index (χ2n) is 6.08. The molecule has 3 N–H and O–H groups in total. The molecule has 6 heteroatoms. The van der Waals surface area contributed by atoms with Crippen LogP contribution in [0.15, 0.2) is 64.8 Å². The normalized spacial score (nSPS) is 14.2. The van der Waals surface area contributed by atoms with Gasteiger partial charge in [-0.3, -0.25) is 4.99 Å². The van der Waals surface area contributed by atoms with Crippen molar-refractivity contribution in [3.8, 4) is 5.75 Å². The van der Waals surface area contributed by atoms with Crippen LogP contribution in [0.2, 0.25) is 0 Å². The highest BCUT2D eigenvalue weighted by Gasteiger charge is 2.09. The minimum absolute atomic E-state index is 0.528. The Balaban J connectivity index is 1.53. The van der Waals surface area contributed by atoms with Crippen molar-refractivity contribution in [3.63, 3.8) is 0 Å². The standard InChI is InChI=1S/C20H21N5O/c1-2-6-15(7-3-1)14-26-18-9-4-8-17-19(18)16(12-23-17)13-24-25-20-21-10-5-11-22-20/h1-4,6-9,12-13,23H,5,10-11,14H2,(H2,21,22,25)/b24-13+. The van der Waals surface area contributed by atoms with Gasteiger partial charge in [0.2, 0.25) is 5.96 Å². The van der Waals surface area contributed by atoms with Crippen molar-refractivity contribution in [2.45, 2.75) is 13.0 Å². The maximum Gasteiger partial charge on any atom is 0.212 e. The molecule has 0 spiro atoms. The molecule has 0 unspecified atom stereocenters. The first-order valence-corrected chi connectivity index (χ1v) is 8.74. The van der Waals surface area contributed by atoms with Crippen LogP contribution in [0.25, 0.3) is 10.9 Å². The van der Waals surface area contributed by atoms with Crippen molar-refractivity contribution in [1.82, 2.24) is 15.7 Å². The van der Waals surface area contributed by atoms with E-state index < -0.39 is 0 Å². The van der Waals surface area contributed by atoms with E-state index in [0.717, 1.165) is 47.3 Å². The highest BCUT2D eigenvalue weighted by molar-refractivity contribution is 6.02.